The molecule has 1 saturated heterocycles. The minimum absolute atomic E-state index is 0.306. The lowest BCUT2D eigenvalue weighted by atomic mass is 10.2. The zero-order valence-electron chi connectivity index (χ0n) is 15.0. The summed E-state index contributed by atoms with van der Waals surface area (Å²) in [5, 5.41) is 12.1. The number of aliphatic carboxylic acids is 1. The summed E-state index contributed by atoms with van der Waals surface area (Å²) in [6.45, 7) is 6.23. The van der Waals surface area contributed by atoms with Crippen LogP contribution in [0.1, 0.15) is 59.3 Å². The number of nitrogens with zero attached hydrogens (tertiary/aromatic N) is 1. The average molecular weight is 362 g/mol. The van der Waals surface area contributed by atoms with Crippen molar-refractivity contribution >= 4 is 19.4 Å². The summed E-state index contributed by atoms with van der Waals surface area (Å²) in [6, 6.07) is -1.51. The topological polar surface area (TPSA) is 95.9 Å². The molecule has 140 valence electrons. The third-order valence-electron chi connectivity index (χ3n) is 4.23. The summed E-state index contributed by atoms with van der Waals surface area (Å²) in [5.41, 5.74) is 0. The Balaban J connectivity index is 2.66. The second-order valence-electron chi connectivity index (χ2n) is 6.25. The molecule has 24 heavy (non-hydrogen) atoms. The summed E-state index contributed by atoms with van der Waals surface area (Å²) in [6.07, 6.45) is 5.46. The van der Waals surface area contributed by atoms with Crippen molar-refractivity contribution in [3.8, 4) is 0 Å². The molecule has 0 bridgehead atoms. The highest BCUT2D eigenvalue weighted by atomic mass is 31.2. The number of carbonyl (C=O) groups is 2. The van der Waals surface area contributed by atoms with Gasteiger partial charge >= 0.3 is 5.97 Å². The first-order valence-electron chi connectivity index (χ1n) is 8.89. The molecule has 0 radical (unpaired) electrons. The molecular weight excluding hydrogens is 331 g/mol. The van der Waals surface area contributed by atoms with Gasteiger partial charge in [-0.05, 0) is 33.1 Å². The van der Waals surface area contributed by atoms with Crippen molar-refractivity contribution in [1.29, 1.82) is 0 Å². The van der Waals surface area contributed by atoms with Crippen LogP contribution in [0.5, 0.6) is 0 Å². The number of hydrogen-bond acceptors (Lipinski definition) is 4. The maximum atomic E-state index is 12.9. The van der Waals surface area contributed by atoms with E-state index in [1.807, 2.05) is 0 Å². The van der Waals surface area contributed by atoms with Gasteiger partial charge in [0.2, 0.25) is 5.91 Å². The van der Waals surface area contributed by atoms with Crippen molar-refractivity contribution in [2.24, 2.45) is 0 Å². The van der Waals surface area contributed by atoms with Crippen LogP contribution in [-0.2, 0) is 18.7 Å². The van der Waals surface area contributed by atoms with Gasteiger partial charge < -0.3 is 14.5 Å². The van der Waals surface area contributed by atoms with Crippen molar-refractivity contribution in [3.63, 3.8) is 0 Å². The maximum Gasteiger partial charge on any atom is 0.326 e. The number of amides is 1. The fourth-order valence-electron chi connectivity index (χ4n) is 3.01. The predicted molar refractivity (Wildman–Crippen MR) is 93.2 cm³/mol. The molecule has 3 atom stereocenters. The van der Waals surface area contributed by atoms with Crippen LogP contribution in [0.15, 0.2) is 0 Å². The van der Waals surface area contributed by atoms with Gasteiger partial charge in [-0.1, -0.05) is 26.2 Å². The standard InChI is InChI=1S/C16H31N2O5P/c1-4-6-7-8-12-24(22,23-5-2)17-13(3)15(19)18-11-9-10-14(18)16(20)21/h13-14H,4-12H2,1-3H3,(H,17,22)(H,20,21)/t13-,14-,24?/m0/s1. The van der Waals surface area contributed by atoms with Gasteiger partial charge in [0.1, 0.15) is 6.04 Å². The van der Waals surface area contributed by atoms with Gasteiger partial charge in [0, 0.05) is 12.7 Å². The maximum absolute atomic E-state index is 12.9. The Kier molecular flexibility index (Phi) is 8.95. The highest BCUT2D eigenvalue weighted by Crippen LogP contribution is 2.44. The van der Waals surface area contributed by atoms with E-state index in [0.717, 1.165) is 25.7 Å². The number of carbonyl (C=O) groups excluding carboxylic acids is 1. The van der Waals surface area contributed by atoms with Crippen molar-refractivity contribution in [2.75, 3.05) is 19.3 Å². The number of carboxylic acids is 1. The Bertz CT molecular complexity index is 471. The molecule has 0 aromatic heterocycles. The zero-order chi connectivity index (χ0) is 18.2. The lowest BCUT2D eigenvalue weighted by molar-refractivity contribution is -0.148. The van der Waals surface area contributed by atoms with Crippen LogP contribution in [0, 0.1) is 0 Å². The number of likely N-dealkylation sites (tertiary alicyclic amines) is 1. The molecule has 1 fully saturated rings. The first kappa shape index (κ1) is 21.1. The third-order valence-corrected chi connectivity index (χ3v) is 6.59. The molecular formula is C16H31N2O5P. The lowest BCUT2D eigenvalue weighted by Gasteiger charge is -2.28. The van der Waals surface area contributed by atoms with Gasteiger partial charge in [0.15, 0.2) is 0 Å². The Labute approximate surface area is 144 Å². The molecule has 1 aliphatic heterocycles. The number of unbranched alkanes of at least 4 members (excludes halogenated alkanes) is 3. The van der Waals surface area contributed by atoms with Gasteiger partial charge in [-0.25, -0.2) is 9.88 Å². The molecule has 0 aromatic carbocycles. The smallest absolute Gasteiger partial charge is 0.326 e. The van der Waals surface area contributed by atoms with E-state index in [-0.39, 0.29) is 5.91 Å². The number of nitrogens with one attached hydrogen (secondary N) is 1. The SMILES string of the molecule is CCCCCCP(=O)(N[C@@H](C)C(=O)N1CCC[C@H]1C(=O)O)OCC. The van der Waals surface area contributed by atoms with Crippen LogP contribution in [0.2, 0.25) is 0 Å². The van der Waals surface area contributed by atoms with E-state index in [1.54, 1.807) is 13.8 Å². The molecule has 0 aliphatic carbocycles. The van der Waals surface area contributed by atoms with Gasteiger partial charge in [-0.2, -0.15) is 0 Å². The first-order chi connectivity index (χ1) is 11.3. The molecule has 1 aliphatic rings. The Morgan fingerprint density at radius 3 is 2.62 bits per heavy atom. The number of carboxylic acid groups (broad SMARTS) is 1. The van der Waals surface area contributed by atoms with Crippen LogP contribution >= 0.6 is 7.52 Å². The minimum Gasteiger partial charge on any atom is -0.480 e. The molecule has 8 heteroatoms. The number of rotatable bonds is 11. The Morgan fingerprint density at radius 1 is 1.33 bits per heavy atom. The van der Waals surface area contributed by atoms with Crippen LogP contribution in [-0.4, -0.2) is 53.3 Å². The molecule has 2 N–H and O–H groups in total. The molecule has 1 rings (SSSR count). The average Bonchev–Trinajstić information content (AvgIpc) is 3.00. The van der Waals surface area contributed by atoms with E-state index < -0.39 is 25.6 Å². The van der Waals surface area contributed by atoms with E-state index >= 15 is 0 Å². The van der Waals surface area contributed by atoms with Crippen molar-refractivity contribution < 1.29 is 23.8 Å². The summed E-state index contributed by atoms with van der Waals surface area (Å²) in [7, 11) is -3.10. The minimum atomic E-state index is -3.10. The highest BCUT2D eigenvalue weighted by Gasteiger charge is 2.37. The van der Waals surface area contributed by atoms with Gasteiger partial charge in [0.25, 0.3) is 7.52 Å². The fourth-order valence-corrected chi connectivity index (χ4v) is 5.10. The monoisotopic (exact) mass is 362 g/mol. The second-order valence-corrected chi connectivity index (χ2v) is 8.56. The summed E-state index contributed by atoms with van der Waals surface area (Å²) in [5.74, 6) is -1.31. The van der Waals surface area contributed by atoms with Gasteiger partial charge in [-0.15, -0.1) is 0 Å². The van der Waals surface area contributed by atoms with E-state index in [2.05, 4.69) is 12.0 Å². The summed E-state index contributed by atoms with van der Waals surface area (Å²) >= 11 is 0. The Morgan fingerprint density at radius 2 is 2.04 bits per heavy atom. The second kappa shape index (κ2) is 10.2. The molecule has 0 spiro atoms. The van der Waals surface area contributed by atoms with Crippen LogP contribution in [0.4, 0.5) is 0 Å². The van der Waals surface area contributed by atoms with Gasteiger partial charge in [-0.3, -0.25) is 9.36 Å². The molecule has 1 amide bonds. The van der Waals surface area contributed by atoms with Crippen LogP contribution < -0.4 is 5.09 Å². The van der Waals surface area contributed by atoms with Crippen LogP contribution in [0.25, 0.3) is 0 Å². The van der Waals surface area contributed by atoms with Crippen molar-refractivity contribution in [3.05, 3.63) is 0 Å². The van der Waals surface area contributed by atoms with Crippen molar-refractivity contribution in [1.82, 2.24) is 9.99 Å². The molecule has 1 heterocycles. The van der Waals surface area contributed by atoms with Crippen molar-refractivity contribution in [2.45, 2.75) is 71.4 Å². The normalized spacial score (nSPS) is 21.5. The van der Waals surface area contributed by atoms with E-state index in [4.69, 9.17) is 4.52 Å². The highest BCUT2D eigenvalue weighted by molar-refractivity contribution is 7.56. The Hall–Kier alpha value is -0.910. The van der Waals surface area contributed by atoms with Gasteiger partial charge in [0.05, 0.1) is 12.6 Å². The first-order valence-corrected chi connectivity index (χ1v) is 10.7. The van der Waals surface area contributed by atoms with E-state index in [9.17, 15) is 19.3 Å². The van der Waals surface area contributed by atoms with E-state index in [0.29, 0.717) is 32.2 Å². The lowest BCUT2D eigenvalue weighted by Crippen LogP contribution is -2.48. The summed E-state index contributed by atoms with van der Waals surface area (Å²) < 4.78 is 18.3. The molecule has 7 nitrogen and oxygen atoms in total. The predicted octanol–water partition coefficient (Wildman–Crippen LogP) is 2.85. The molecule has 1 unspecified atom stereocenters. The fraction of sp³-hybridized carbons (Fsp3) is 0.875. The quantitative estimate of drug-likeness (QED) is 0.433. The summed E-state index contributed by atoms with van der Waals surface area (Å²) in [4.78, 5) is 25.1. The molecule has 0 aromatic rings. The van der Waals surface area contributed by atoms with Crippen LogP contribution in [0.3, 0.4) is 0 Å². The largest absolute Gasteiger partial charge is 0.480 e. The zero-order valence-corrected chi connectivity index (χ0v) is 15.9. The number of hydrogen-bond donors (Lipinski definition) is 2. The molecule has 0 saturated carbocycles. The third kappa shape index (κ3) is 6.19. The van der Waals surface area contributed by atoms with E-state index in [1.165, 1.54) is 4.90 Å².